The molecule has 0 aromatic carbocycles. The van der Waals surface area contributed by atoms with Crippen molar-refractivity contribution in [1.82, 2.24) is 15.1 Å². The fourth-order valence-electron chi connectivity index (χ4n) is 2.61. The molecular weight excluding hydrogens is 238 g/mol. The Bertz CT molecular complexity index is 225. The number of rotatable bonds is 10. The van der Waals surface area contributed by atoms with Gasteiger partial charge in [0.25, 0.3) is 0 Å². The van der Waals surface area contributed by atoms with Gasteiger partial charge in [0.2, 0.25) is 0 Å². The number of hydrogen-bond acceptors (Lipinski definition) is 4. The van der Waals surface area contributed by atoms with Crippen LogP contribution in [0, 0.1) is 0 Å². The molecule has 19 heavy (non-hydrogen) atoms. The molecule has 1 rings (SSSR count). The molecule has 4 nitrogen and oxygen atoms in total. The van der Waals surface area contributed by atoms with Gasteiger partial charge in [-0.05, 0) is 66.3 Å². The SMILES string of the molecule is CNC(C)(CO)CCCCN(C)CCN1CCCC1. The Hall–Kier alpha value is -0.160. The molecule has 2 N–H and O–H groups in total. The molecule has 0 aromatic heterocycles. The van der Waals surface area contributed by atoms with Crippen LogP contribution in [0.5, 0.6) is 0 Å². The Balaban J connectivity index is 2.01. The fraction of sp³-hybridized carbons (Fsp3) is 1.00. The average Bonchev–Trinajstić information content (AvgIpc) is 2.94. The largest absolute Gasteiger partial charge is 0.394 e. The Morgan fingerprint density at radius 1 is 1.21 bits per heavy atom. The highest BCUT2D eigenvalue weighted by Crippen LogP contribution is 2.12. The van der Waals surface area contributed by atoms with Crippen molar-refractivity contribution in [3.63, 3.8) is 0 Å². The molecule has 1 unspecified atom stereocenters. The summed E-state index contributed by atoms with van der Waals surface area (Å²) in [5.41, 5.74) is -0.103. The fourth-order valence-corrected chi connectivity index (χ4v) is 2.61. The molecule has 114 valence electrons. The van der Waals surface area contributed by atoms with E-state index in [2.05, 4.69) is 29.1 Å². The maximum atomic E-state index is 9.32. The van der Waals surface area contributed by atoms with Crippen molar-refractivity contribution in [3.8, 4) is 0 Å². The zero-order valence-electron chi connectivity index (χ0n) is 13.1. The Morgan fingerprint density at radius 2 is 1.89 bits per heavy atom. The van der Waals surface area contributed by atoms with E-state index < -0.39 is 0 Å². The van der Waals surface area contributed by atoms with Gasteiger partial charge in [-0.1, -0.05) is 6.42 Å². The molecule has 4 heteroatoms. The van der Waals surface area contributed by atoms with Gasteiger partial charge in [-0.2, -0.15) is 0 Å². The third-order valence-electron chi connectivity index (χ3n) is 4.47. The third-order valence-corrected chi connectivity index (χ3v) is 4.47. The smallest absolute Gasteiger partial charge is 0.0610 e. The second kappa shape index (κ2) is 8.90. The van der Waals surface area contributed by atoms with Crippen LogP contribution in [0.4, 0.5) is 0 Å². The number of nitrogens with zero attached hydrogens (tertiary/aromatic N) is 2. The number of unbranched alkanes of at least 4 members (excludes halogenated alkanes) is 1. The van der Waals surface area contributed by atoms with Crippen LogP contribution in [0.3, 0.4) is 0 Å². The van der Waals surface area contributed by atoms with E-state index in [9.17, 15) is 5.11 Å². The lowest BCUT2D eigenvalue weighted by Gasteiger charge is -2.27. The number of aliphatic hydroxyl groups excluding tert-OH is 1. The molecule has 0 bridgehead atoms. The molecule has 0 aromatic rings. The number of likely N-dealkylation sites (N-methyl/N-ethyl adjacent to an activating group) is 2. The standard InChI is InChI=1S/C15H33N3O/c1-15(14-19,16-2)8-4-5-9-17(3)12-13-18-10-6-7-11-18/h16,19H,4-14H2,1-3H3. The minimum atomic E-state index is -0.103. The van der Waals surface area contributed by atoms with Crippen molar-refractivity contribution in [1.29, 1.82) is 0 Å². The summed E-state index contributed by atoms with van der Waals surface area (Å²) in [4.78, 5) is 5.01. The summed E-state index contributed by atoms with van der Waals surface area (Å²) >= 11 is 0. The molecule has 0 radical (unpaired) electrons. The zero-order valence-corrected chi connectivity index (χ0v) is 13.1. The van der Waals surface area contributed by atoms with Gasteiger partial charge in [-0.3, -0.25) is 0 Å². The molecule has 1 aliphatic heterocycles. The Kier molecular flexibility index (Phi) is 7.91. The van der Waals surface area contributed by atoms with E-state index in [-0.39, 0.29) is 12.1 Å². The van der Waals surface area contributed by atoms with E-state index in [0.29, 0.717) is 0 Å². The van der Waals surface area contributed by atoms with Crippen molar-refractivity contribution >= 4 is 0 Å². The van der Waals surface area contributed by atoms with Crippen molar-refractivity contribution in [2.45, 2.75) is 44.6 Å². The van der Waals surface area contributed by atoms with Crippen LogP contribution in [0.2, 0.25) is 0 Å². The van der Waals surface area contributed by atoms with Crippen LogP contribution in [-0.4, -0.2) is 73.9 Å². The van der Waals surface area contributed by atoms with Crippen LogP contribution in [0.25, 0.3) is 0 Å². The number of hydrogen-bond donors (Lipinski definition) is 2. The van der Waals surface area contributed by atoms with E-state index in [1.807, 2.05) is 7.05 Å². The van der Waals surface area contributed by atoms with E-state index in [0.717, 1.165) is 6.42 Å². The van der Waals surface area contributed by atoms with Gasteiger partial charge >= 0.3 is 0 Å². The lowest BCUT2D eigenvalue weighted by atomic mass is 9.96. The summed E-state index contributed by atoms with van der Waals surface area (Å²) in [6.45, 7) is 8.47. The van der Waals surface area contributed by atoms with Gasteiger partial charge < -0.3 is 20.2 Å². The Morgan fingerprint density at radius 3 is 2.47 bits per heavy atom. The summed E-state index contributed by atoms with van der Waals surface area (Å²) in [5.74, 6) is 0. The molecular formula is C15H33N3O. The molecule has 1 aliphatic rings. The summed E-state index contributed by atoms with van der Waals surface area (Å²) in [6, 6.07) is 0. The second-order valence-electron chi connectivity index (χ2n) is 6.28. The van der Waals surface area contributed by atoms with Crippen LogP contribution in [-0.2, 0) is 0 Å². The minimum absolute atomic E-state index is 0.103. The second-order valence-corrected chi connectivity index (χ2v) is 6.28. The lowest BCUT2D eigenvalue weighted by Crippen LogP contribution is -2.43. The van der Waals surface area contributed by atoms with Gasteiger partial charge in [-0.25, -0.2) is 0 Å². The van der Waals surface area contributed by atoms with Gasteiger partial charge in [0.15, 0.2) is 0 Å². The predicted molar refractivity (Wildman–Crippen MR) is 81.6 cm³/mol. The van der Waals surface area contributed by atoms with Crippen LogP contribution < -0.4 is 5.32 Å². The van der Waals surface area contributed by atoms with Gasteiger partial charge in [0, 0.05) is 18.6 Å². The number of nitrogens with one attached hydrogen (secondary N) is 1. The van der Waals surface area contributed by atoms with E-state index in [1.165, 1.54) is 58.4 Å². The molecule has 0 saturated carbocycles. The highest BCUT2D eigenvalue weighted by atomic mass is 16.3. The van der Waals surface area contributed by atoms with Crippen LogP contribution in [0.15, 0.2) is 0 Å². The van der Waals surface area contributed by atoms with Crippen molar-refractivity contribution < 1.29 is 5.11 Å². The highest BCUT2D eigenvalue weighted by molar-refractivity contribution is 4.80. The molecule has 0 spiro atoms. The molecule has 1 fully saturated rings. The minimum Gasteiger partial charge on any atom is -0.394 e. The third kappa shape index (κ3) is 6.70. The Labute approximate surface area is 119 Å². The van der Waals surface area contributed by atoms with Crippen molar-refractivity contribution in [2.24, 2.45) is 0 Å². The summed E-state index contributed by atoms with van der Waals surface area (Å²) in [5, 5.41) is 12.5. The molecule has 1 atom stereocenters. The first kappa shape index (κ1) is 16.9. The summed E-state index contributed by atoms with van der Waals surface area (Å²) in [6.07, 6.45) is 6.20. The predicted octanol–water partition coefficient (Wildman–Crippen LogP) is 1.15. The summed E-state index contributed by atoms with van der Waals surface area (Å²) in [7, 11) is 4.15. The molecule has 1 saturated heterocycles. The van der Waals surface area contributed by atoms with Crippen LogP contribution >= 0.6 is 0 Å². The average molecular weight is 271 g/mol. The van der Waals surface area contributed by atoms with E-state index in [4.69, 9.17) is 0 Å². The van der Waals surface area contributed by atoms with Gasteiger partial charge in [-0.15, -0.1) is 0 Å². The van der Waals surface area contributed by atoms with Crippen LogP contribution in [0.1, 0.15) is 39.0 Å². The monoisotopic (exact) mass is 271 g/mol. The highest BCUT2D eigenvalue weighted by Gasteiger charge is 2.19. The topological polar surface area (TPSA) is 38.7 Å². The van der Waals surface area contributed by atoms with Gasteiger partial charge in [0.05, 0.1) is 6.61 Å². The maximum absolute atomic E-state index is 9.32. The molecule has 0 amide bonds. The first-order valence-corrected chi connectivity index (χ1v) is 7.80. The molecule has 0 aliphatic carbocycles. The quantitative estimate of drug-likeness (QED) is 0.585. The lowest BCUT2D eigenvalue weighted by molar-refractivity contribution is 0.168. The van der Waals surface area contributed by atoms with E-state index >= 15 is 0 Å². The summed E-state index contributed by atoms with van der Waals surface area (Å²) < 4.78 is 0. The van der Waals surface area contributed by atoms with Gasteiger partial charge in [0.1, 0.15) is 0 Å². The number of likely N-dealkylation sites (tertiary alicyclic amines) is 1. The number of aliphatic hydroxyl groups is 1. The maximum Gasteiger partial charge on any atom is 0.0610 e. The first-order chi connectivity index (χ1) is 9.09. The molecule has 1 heterocycles. The normalized spacial score (nSPS) is 20.1. The van der Waals surface area contributed by atoms with Crippen molar-refractivity contribution in [3.05, 3.63) is 0 Å². The van der Waals surface area contributed by atoms with Crippen molar-refractivity contribution in [2.75, 3.05) is 53.4 Å². The first-order valence-electron chi connectivity index (χ1n) is 7.80. The zero-order chi connectivity index (χ0) is 14.1. The van der Waals surface area contributed by atoms with E-state index in [1.54, 1.807) is 0 Å².